The molecule has 21 heavy (non-hydrogen) atoms. The highest BCUT2D eigenvalue weighted by Crippen LogP contribution is 2.37. The van der Waals surface area contributed by atoms with E-state index in [1.807, 2.05) is 6.07 Å². The van der Waals surface area contributed by atoms with Gasteiger partial charge < -0.3 is 4.74 Å². The number of nitro benzene ring substituents is 1. The third kappa shape index (κ3) is 3.28. The van der Waals surface area contributed by atoms with Gasteiger partial charge in [0.15, 0.2) is 0 Å². The van der Waals surface area contributed by atoms with Gasteiger partial charge in [-0.1, -0.05) is 23.7 Å². The summed E-state index contributed by atoms with van der Waals surface area (Å²) in [5, 5.41) is 11.4. The molecule has 0 radical (unpaired) electrons. The summed E-state index contributed by atoms with van der Waals surface area (Å²) in [5.74, 6) is 1.27. The van der Waals surface area contributed by atoms with Crippen molar-refractivity contribution >= 4 is 28.9 Å². The van der Waals surface area contributed by atoms with Gasteiger partial charge >= 0.3 is 0 Å². The van der Waals surface area contributed by atoms with Crippen LogP contribution in [0.4, 0.5) is 5.69 Å². The van der Waals surface area contributed by atoms with E-state index in [-0.39, 0.29) is 11.6 Å². The lowest BCUT2D eigenvalue weighted by atomic mass is 10.1. The molecule has 0 aliphatic heterocycles. The number of hydrogen-bond donors (Lipinski definition) is 0. The SMILES string of the molecule is Cc1cc([N+](=O)[O-])c(C)cc1Oc1c(Cl)cccc1CCl. The topological polar surface area (TPSA) is 52.4 Å². The maximum atomic E-state index is 10.9. The normalized spacial score (nSPS) is 10.5. The van der Waals surface area contributed by atoms with Gasteiger partial charge in [-0.05, 0) is 31.5 Å². The van der Waals surface area contributed by atoms with Crippen LogP contribution in [0.2, 0.25) is 5.02 Å². The molecule has 0 aromatic heterocycles. The molecule has 6 heteroatoms. The van der Waals surface area contributed by atoms with Crippen molar-refractivity contribution in [3.8, 4) is 11.5 Å². The largest absolute Gasteiger partial charge is 0.455 e. The van der Waals surface area contributed by atoms with E-state index in [0.29, 0.717) is 27.6 Å². The Morgan fingerprint density at radius 1 is 1.24 bits per heavy atom. The smallest absolute Gasteiger partial charge is 0.272 e. The molecule has 2 aromatic carbocycles. The number of aryl methyl sites for hydroxylation is 2. The van der Waals surface area contributed by atoms with Crippen molar-refractivity contribution in [1.29, 1.82) is 0 Å². The minimum atomic E-state index is -0.411. The lowest BCUT2D eigenvalue weighted by molar-refractivity contribution is -0.385. The van der Waals surface area contributed by atoms with Gasteiger partial charge in [0.1, 0.15) is 11.5 Å². The first-order chi connectivity index (χ1) is 9.93. The summed E-state index contributed by atoms with van der Waals surface area (Å²) < 4.78 is 5.84. The van der Waals surface area contributed by atoms with Gasteiger partial charge in [0.05, 0.1) is 15.8 Å². The van der Waals surface area contributed by atoms with Crippen molar-refractivity contribution in [3.63, 3.8) is 0 Å². The van der Waals surface area contributed by atoms with Crippen LogP contribution in [0.25, 0.3) is 0 Å². The third-order valence-electron chi connectivity index (χ3n) is 3.09. The van der Waals surface area contributed by atoms with E-state index >= 15 is 0 Å². The first-order valence-electron chi connectivity index (χ1n) is 6.21. The van der Waals surface area contributed by atoms with Crippen molar-refractivity contribution in [1.82, 2.24) is 0 Å². The Labute approximate surface area is 132 Å². The van der Waals surface area contributed by atoms with E-state index in [4.69, 9.17) is 27.9 Å². The van der Waals surface area contributed by atoms with E-state index in [0.717, 1.165) is 5.56 Å². The Kier molecular flexibility index (Phi) is 4.70. The molecule has 0 heterocycles. The molecular formula is C15H13Cl2NO3. The number of nitro groups is 1. The molecule has 0 amide bonds. The average molecular weight is 326 g/mol. The molecule has 4 nitrogen and oxygen atoms in total. The summed E-state index contributed by atoms with van der Waals surface area (Å²) in [6.45, 7) is 3.42. The van der Waals surface area contributed by atoms with Crippen LogP contribution in [0.15, 0.2) is 30.3 Å². The van der Waals surface area contributed by atoms with Gasteiger partial charge in [-0.15, -0.1) is 11.6 Å². The molecule has 2 rings (SSSR count). The second-order valence-electron chi connectivity index (χ2n) is 4.63. The highest BCUT2D eigenvalue weighted by Gasteiger charge is 2.16. The van der Waals surface area contributed by atoms with Crippen molar-refractivity contribution in [2.24, 2.45) is 0 Å². The Balaban J connectivity index is 2.46. The van der Waals surface area contributed by atoms with Crippen LogP contribution in [0.1, 0.15) is 16.7 Å². The summed E-state index contributed by atoms with van der Waals surface area (Å²) in [6, 6.07) is 8.44. The fourth-order valence-corrected chi connectivity index (χ4v) is 2.41. The maximum Gasteiger partial charge on any atom is 0.272 e. The molecule has 0 atom stereocenters. The molecular weight excluding hydrogens is 313 g/mol. The van der Waals surface area contributed by atoms with Crippen molar-refractivity contribution in [2.45, 2.75) is 19.7 Å². The molecule has 0 saturated carbocycles. The number of halogens is 2. The average Bonchev–Trinajstić information content (AvgIpc) is 2.44. The molecule has 110 valence electrons. The van der Waals surface area contributed by atoms with Crippen LogP contribution >= 0.6 is 23.2 Å². The first-order valence-corrected chi connectivity index (χ1v) is 7.12. The second kappa shape index (κ2) is 6.33. The molecule has 0 N–H and O–H groups in total. The quantitative estimate of drug-likeness (QED) is 0.430. The monoisotopic (exact) mass is 325 g/mol. The number of alkyl halides is 1. The van der Waals surface area contributed by atoms with E-state index in [1.165, 1.54) is 6.07 Å². The molecule has 0 aliphatic carbocycles. The number of rotatable bonds is 4. The van der Waals surface area contributed by atoms with E-state index < -0.39 is 4.92 Å². The summed E-state index contributed by atoms with van der Waals surface area (Å²) >= 11 is 12.0. The zero-order valence-corrected chi connectivity index (χ0v) is 13.0. The third-order valence-corrected chi connectivity index (χ3v) is 3.68. The molecule has 0 fully saturated rings. The standard InChI is InChI=1S/C15H13Cl2NO3/c1-9-7-14(10(2)6-13(9)18(19)20)21-15-11(8-16)4-3-5-12(15)17/h3-7H,8H2,1-2H3. The predicted molar refractivity (Wildman–Crippen MR) is 83.7 cm³/mol. The summed E-state index contributed by atoms with van der Waals surface area (Å²) in [6.07, 6.45) is 0. The summed E-state index contributed by atoms with van der Waals surface area (Å²) in [7, 11) is 0. The minimum Gasteiger partial charge on any atom is -0.455 e. The summed E-state index contributed by atoms with van der Waals surface area (Å²) in [4.78, 5) is 10.5. The van der Waals surface area contributed by atoms with Crippen LogP contribution in [0.3, 0.4) is 0 Å². The number of para-hydroxylation sites is 1. The Bertz CT molecular complexity index is 702. The fourth-order valence-electron chi connectivity index (χ4n) is 1.96. The lowest BCUT2D eigenvalue weighted by Gasteiger charge is -2.14. The van der Waals surface area contributed by atoms with Gasteiger partial charge in [-0.3, -0.25) is 10.1 Å². The van der Waals surface area contributed by atoms with Crippen LogP contribution in [0, 0.1) is 24.0 Å². The van der Waals surface area contributed by atoms with Crippen LogP contribution in [-0.4, -0.2) is 4.92 Å². The Morgan fingerprint density at radius 2 is 1.95 bits per heavy atom. The zero-order chi connectivity index (χ0) is 15.6. The predicted octanol–water partition coefficient (Wildman–Crippen LogP) is 5.40. The van der Waals surface area contributed by atoms with Crippen molar-refractivity contribution in [2.75, 3.05) is 0 Å². The fraction of sp³-hybridized carbons (Fsp3) is 0.200. The van der Waals surface area contributed by atoms with Crippen molar-refractivity contribution in [3.05, 3.63) is 62.2 Å². The molecule has 2 aromatic rings. The van der Waals surface area contributed by atoms with Gasteiger partial charge in [-0.2, -0.15) is 0 Å². The Morgan fingerprint density at radius 3 is 2.57 bits per heavy atom. The highest BCUT2D eigenvalue weighted by atomic mass is 35.5. The van der Waals surface area contributed by atoms with E-state index in [1.54, 1.807) is 32.0 Å². The number of ether oxygens (including phenoxy) is 1. The van der Waals surface area contributed by atoms with Crippen LogP contribution in [0.5, 0.6) is 11.5 Å². The van der Waals surface area contributed by atoms with Crippen LogP contribution < -0.4 is 4.74 Å². The molecule has 0 bridgehead atoms. The first kappa shape index (κ1) is 15.6. The molecule has 0 saturated heterocycles. The zero-order valence-electron chi connectivity index (χ0n) is 11.5. The van der Waals surface area contributed by atoms with E-state index in [9.17, 15) is 10.1 Å². The molecule has 0 unspecified atom stereocenters. The van der Waals surface area contributed by atoms with Gasteiger partial charge in [-0.25, -0.2) is 0 Å². The minimum absolute atomic E-state index is 0.0663. The Hall–Kier alpha value is -1.78. The van der Waals surface area contributed by atoms with Gasteiger partial charge in [0.2, 0.25) is 0 Å². The number of nitrogens with zero attached hydrogens (tertiary/aromatic N) is 1. The van der Waals surface area contributed by atoms with E-state index in [2.05, 4.69) is 0 Å². The van der Waals surface area contributed by atoms with Gasteiger partial charge in [0.25, 0.3) is 5.69 Å². The summed E-state index contributed by atoms with van der Waals surface area (Å²) in [5.41, 5.74) is 2.02. The number of hydrogen-bond acceptors (Lipinski definition) is 3. The maximum absolute atomic E-state index is 10.9. The van der Waals surface area contributed by atoms with Gasteiger partial charge in [0, 0.05) is 17.2 Å². The second-order valence-corrected chi connectivity index (χ2v) is 5.30. The molecule has 0 spiro atoms. The molecule has 0 aliphatic rings. The van der Waals surface area contributed by atoms with Crippen LogP contribution in [-0.2, 0) is 5.88 Å². The number of benzene rings is 2. The highest BCUT2D eigenvalue weighted by molar-refractivity contribution is 6.32. The van der Waals surface area contributed by atoms with Crippen molar-refractivity contribution < 1.29 is 9.66 Å². The lowest BCUT2D eigenvalue weighted by Crippen LogP contribution is -1.97.